The highest BCUT2D eigenvalue weighted by Crippen LogP contribution is 2.27. The summed E-state index contributed by atoms with van der Waals surface area (Å²) in [5.74, 6) is -0.687. The van der Waals surface area contributed by atoms with Crippen LogP contribution in [-0.2, 0) is 28.3 Å². The molecule has 1 heterocycles. The Morgan fingerprint density at radius 2 is 1.89 bits per heavy atom. The number of carbonyl (C=O) groups excluding carboxylic acids is 1. The zero-order valence-electron chi connectivity index (χ0n) is 16.2. The number of ether oxygens (including phenoxy) is 2. The first-order valence-corrected chi connectivity index (χ1v) is 9.33. The molecule has 7 heteroatoms. The number of esters is 1. The van der Waals surface area contributed by atoms with Crippen molar-refractivity contribution in [3.8, 4) is 0 Å². The standard InChI is InChI=1S/C21H27NO6/c1-3-10-28-20(25)18-11-17(21(26,4-2)14-23)16(19(24)22-18)13-27-12-15-8-6-5-7-9-15/h5-9,11,23,26H,3-4,10,12-14H2,1-2H3,(H,22,24). The Kier molecular flexibility index (Phi) is 7.92. The Balaban J connectivity index is 2.34. The fourth-order valence-corrected chi connectivity index (χ4v) is 2.76. The highest BCUT2D eigenvalue weighted by Gasteiger charge is 2.32. The number of rotatable bonds is 10. The molecular formula is C21H27NO6. The van der Waals surface area contributed by atoms with Crippen LogP contribution >= 0.6 is 0 Å². The lowest BCUT2D eigenvalue weighted by Crippen LogP contribution is -2.35. The maximum atomic E-state index is 12.6. The molecule has 1 unspecified atom stereocenters. The van der Waals surface area contributed by atoms with Crippen LogP contribution in [0.2, 0.25) is 0 Å². The van der Waals surface area contributed by atoms with Gasteiger partial charge in [0, 0.05) is 5.56 Å². The number of pyridine rings is 1. The van der Waals surface area contributed by atoms with Gasteiger partial charge in [0.15, 0.2) is 0 Å². The third-order valence-electron chi connectivity index (χ3n) is 4.50. The van der Waals surface area contributed by atoms with Crippen LogP contribution in [0.15, 0.2) is 41.2 Å². The molecule has 0 saturated heterocycles. The average molecular weight is 389 g/mol. The average Bonchev–Trinajstić information content (AvgIpc) is 2.72. The summed E-state index contributed by atoms with van der Waals surface area (Å²) in [7, 11) is 0. The van der Waals surface area contributed by atoms with E-state index in [0.717, 1.165) is 5.56 Å². The molecule has 0 saturated carbocycles. The molecule has 0 aliphatic rings. The normalized spacial score (nSPS) is 13.1. The van der Waals surface area contributed by atoms with Gasteiger partial charge in [0.25, 0.3) is 5.56 Å². The van der Waals surface area contributed by atoms with Crippen molar-refractivity contribution >= 4 is 5.97 Å². The Morgan fingerprint density at radius 1 is 1.18 bits per heavy atom. The van der Waals surface area contributed by atoms with Gasteiger partial charge in [-0.2, -0.15) is 0 Å². The molecule has 0 amide bonds. The number of aromatic nitrogens is 1. The molecular weight excluding hydrogens is 362 g/mol. The van der Waals surface area contributed by atoms with Crippen molar-refractivity contribution in [1.29, 1.82) is 0 Å². The van der Waals surface area contributed by atoms with E-state index in [0.29, 0.717) is 6.42 Å². The number of hydrogen-bond donors (Lipinski definition) is 3. The Labute approximate surface area is 163 Å². The van der Waals surface area contributed by atoms with Crippen LogP contribution in [0.25, 0.3) is 0 Å². The molecule has 152 valence electrons. The Hall–Kier alpha value is -2.48. The Bertz CT molecular complexity index is 827. The van der Waals surface area contributed by atoms with Gasteiger partial charge in [0.05, 0.1) is 26.4 Å². The van der Waals surface area contributed by atoms with Crippen LogP contribution in [0.1, 0.15) is 53.9 Å². The topological polar surface area (TPSA) is 109 Å². The maximum absolute atomic E-state index is 12.6. The summed E-state index contributed by atoms with van der Waals surface area (Å²) in [6, 6.07) is 10.8. The molecule has 0 spiro atoms. The molecule has 0 aliphatic carbocycles. The number of carbonyl (C=O) groups is 1. The van der Waals surface area contributed by atoms with Gasteiger partial charge in [0.2, 0.25) is 0 Å². The number of benzene rings is 1. The molecule has 28 heavy (non-hydrogen) atoms. The summed E-state index contributed by atoms with van der Waals surface area (Å²) in [5.41, 5.74) is -1.03. The second-order valence-corrected chi connectivity index (χ2v) is 6.56. The van der Waals surface area contributed by atoms with Crippen LogP contribution in [0.4, 0.5) is 0 Å². The van der Waals surface area contributed by atoms with Gasteiger partial charge in [-0.05, 0) is 30.0 Å². The molecule has 0 radical (unpaired) electrons. The summed E-state index contributed by atoms with van der Waals surface area (Å²) in [5, 5.41) is 20.5. The first-order chi connectivity index (χ1) is 13.4. The number of aliphatic hydroxyl groups excluding tert-OH is 1. The van der Waals surface area contributed by atoms with Gasteiger partial charge >= 0.3 is 5.97 Å². The fraction of sp³-hybridized carbons (Fsp3) is 0.429. The quantitative estimate of drug-likeness (QED) is 0.538. The summed E-state index contributed by atoms with van der Waals surface area (Å²) in [6.45, 7) is 3.37. The second kappa shape index (κ2) is 10.2. The summed E-state index contributed by atoms with van der Waals surface area (Å²) >= 11 is 0. The lowest BCUT2D eigenvalue weighted by Gasteiger charge is -2.27. The highest BCUT2D eigenvalue weighted by molar-refractivity contribution is 5.87. The SMILES string of the molecule is CCCOC(=O)c1cc(C(O)(CC)CO)c(COCc2ccccc2)c(=O)[nH]1. The maximum Gasteiger partial charge on any atom is 0.354 e. The summed E-state index contributed by atoms with van der Waals surface area (Å²) in [6.07, 6.45) is 0.797. The highest BCUT2D eigenvalue weighted by atomic mass is 16.5. The van der Waals surface area contributed by atoms with E-state index < -0.39 is 23.7 Å². The minimum Gasteiger partial charge on any atom is -0.461 e. The van der Waals surface area contributed by atoms with Crippen LogP contribution in [0.3, 0.4) is 0 Å². The Morgan fingerprint density at radius 3 is 2.50 bits per heavy atom. The monoisotopic (exact) mass is 389 g/mol. The molecule has 2 rings (SSSR count). The molecule has 1 aromatic heterocycles. The molecule has 1 atom stereocenters. The van der Waals surface area contributed by atoms with Gasteiger partial charge in [-0.25, -0.2) is 4.79 Å². The third kappa shape index (κ3) is 5.28. The molecule has 0 aliphatic heterocycles. The molecule has 0 bridgehead atoms. The van der Waals surface area contributed by atoms with E-state index in [1.54, 1.807) is 6.92 Å². The molecule has 7 nitrogen and oxygen atoms in total. The minimum absolute atomic E-state index is 0.0689. The first kappa shape index (κ1) is 21.8. The van der Waals surface area contributed by atoms with Crippen LogP contribution in [-0.4, -0.2) is 34.4 Å². The lowest BCUT2D eigenvalue weighted by atomic mass is 9.88. The van der Waals surface area contributed by atoms with Crippen molar-refractivity contribution in [2.24, 2.45) is 0 Å². The third-order valence-corrected chi connectivity index (χ3v) is 4.50. The van der Waals surface area contributed by atoms with Crippen LogP contribution in [0, 0.1) is 0 Å². The smallest absolute Gasteiger partial charge is 0.354 e. The fourth-order valence-electron chi connectivity index (χ4n) is 2.76. The number of aliphatic hydroxyl groups is 2. The minimum atomic E-state index is -1.67. The predicted molar refractivity (Wildman–Crippen MR) is 104 cm³/mol. The molecule has 3 N–H and O–H groups in total. The largest absolute Gasteiger partial charge is 0.461 e. The summed E-state index contributed by atoms with van der Waals surface area (Å²) < 4.78 is 10.7. The van der Waals surface area contributed by atoms with Crippen LogP contribution in [0.5, 0.6) is 0 Å². The van der Waals surface area contributed by atoms with E-state index in [-0.39, 0.29) is 43.1 Å². The van der Waals surface area contributed by atoms with E-state index in [4.69, 9.17) is 9.47 Å². The predicted octanol–water partition coefficient (Wildman–Crippen LogP) is 2.25. The van der Waals surface area contributed by atoms with Crippen molar-refractivity contribution < 1.29 is 24.5 Å². The number of hydrogen-bond acceptors (Lipinski definition) is 6. The zero-order valence-corrected chi connectivity index (χ0v) is 16.2. The zero-order chi connectivity index (χ0) is 20.6. The van der Waals surface area contributed by atoms with Gasteiger partial charge in [-0.1, -0.05) is 44.2 Å². The number of nitrogens with one attached hydrogen (secondary N) is 1. The molecule has 0 fully saturated rings. The van der Waals surface area contributed by atoms with Crippen molar-refractivity contribution in [2.45, 2.75) is 45.5 Å². The van der Waals surface area contributed by atoms with Gasteiger partial charge in [-0.3, -0.25) is 4.79 Å². The van der Waals surface area contributed by atoms with Gasteiger partial charge in [0.1, 0.15) is 11.3 Å². The van der Waals surface area contributed by atoms with Crippen molar-refractivity contribution in [3.05, 3.63) is 69.1 Å². The molecule has 1 aromatic carbocycles. The van der Waals surface area contributed by atoms with Crippen molar-refractivity contribution in [2.75, 3.05) is 13.2 Å². The van der Waals surface area contributed by atoms with Gasteiger partial charge in [-0.15, -0.1) is 0 Å². The van der Waals surface area contributed by atoms with E-state index >= 15 is 0 Å². The van der Waals surface area contributed by atoms with Crippen LogP contribution < -0.4 is 5.56 Å². The van der Waals surface area contributed by atoms with Gasteiger partial charge < -0.3 is 24.7 Å². The van der Waals surface area contributed by atoms with Crippen molar-refractivity contribution in [1.82, 2.24) is 4.98 Å². The summed E-state index contributed by atoms with van der Waals surface area (Å²) in [4.78, 5) is 27.3. The number of H-pyrrole nitrogens is 1. The number of aromatic amines is 1. The van der Waals surface area contributed by atoms with Crippen molar-refractivity contribution in [3.63, 3.8) is 0 Å². The van der Waals surface area contributed by atoms with E-state index in [9.17, 15) is 19.8 Å². The van der Waals surface area contributed by atoms with E-state index in [2.05, 4.69) is 4.98 Å². The van der Waals surface area contributed by atoms with E-state index in [1.165, 1.54) is 6.07 Å². The second-order valence-electron chi connectivity index (χ2n) is 6.56. The molecule has 2 aromatic rings. The lowest BCUT2D eigenvalue weighted by molar-refractivity contribution is -0.0248. The van der Waals surface area contributed by atoms with E-state index in [1.807, 2.05) is 37.3 Å². The first-order valence-electron chi connectivity index (χ1n) is 9.33.